The van der Waals surface area contributed by atoms with Gasteiger partial charge in [0.1, 0.15) is 5.25 Å². The van der Waals surface area contributed by atoms with Crippen molar-refractivity contribution in [3.8, 4) is 0 Å². The molecule has 0 amide bonds. The van der Waals surface area contributed by atoms with Crippen molar-refractivity contribution >= 4 is 37.1 Å². The third-order valence-corrected chi connectivity index (χ3v) is 9.33. The van der Waals surface area contributed by atoms with Crippen molar-refractivity contribution in [1.82, 2.24) is 0 Å². The largest absolute Gasteiger partial charge is 0.279 e. The molecule has 4 rings (SSSR count). The van der Waals surface area contributed by atoms with Crippen LogP contribution in [0.25, 0.3) is 0 Å². The van der Waals surface area contributed by atoms with Crippen LogP contribution in [-0.2, 0) is 19.9 Å². The number of benzene rings is 4. The predicted molar refractivity (Wildman–Crippen MR) is 140 cm³/mol. The summed E-state index contributed by atoms with van der Waals surface area (Å²) in [6.07, 6.45) is 0. The minimum Gasteiger partial charge on any atom is -0.279 e. The van der Waals surface area contributed by atoms with E-state index in [0.29, 0.717) is 10.6 Å². The molecule has 4 aromatic rings. The summed E-state index contributed by atoms with van der Waals surface area (Å²) in [5.74, 6) is 0. The first kappa shape index (κ1) is 25.0. The number of rotatable bonds is 7. The standard InChI is InChI=1S/C27H24ClNO4S2/c1-19-8-13-23(14-9-19)34(30,31)27(21-6-4-3-5-7-21)25-18-22(28)12-17-26(25)29-35(32,33)24-15-10-20(2)11-16-24/h3-18,27,29H,1-2H3. The van der Waals surface area contributed by atoms with Crippen molar-refractivity contribution in [2.45, 2.75) is 28.9 Å². The summed E-state index contributed by atoms with van der Waals surface area (Å²) in [5, 5.41) is -0.904. The van der Waals surface area contributed by atoms with E-state index in [-0.39, 0.29) is 21.0 Å². The van der Waals surface area contributed by atoms with E-state index in [1.54, 1.807) is 66.7 Å². The average molecular weight is 526 g/mol. The summed E-state index contributed by atoms with van der Waals surface area (Å²) < 4.78 is 56.8. The monoisotopic (exact) mass is 525 g/mol. The Kier molecular flexibility index (Phi) is 7.03. The van der Waals surface area contributed by atoms with E-state index in [4.69, 9.17) is 11.6 Å². The molecule has 8 heteroatoms. The van der Waals surface area contributed by atoms with E-state index in [1.807, 2.05) is 13.8 Å². The molecule has 0 fully saturated rings. The molecule has 0 spiro atoms. The van der Waals surface area contributed by atoms with Crippen molar-refractivity contribution in [3.63, 3.8) is 0 Å². The van der Waals surface area contributed by atoms with E-state index < -0.39 is 25.1 Å². The highest BCUT2D eigenvalue weighted by atomic mass is 35.5. The van der Waals surface area contributed by atoms with Crippen LogP contribution in [0.2, 0.25) is 5.02 Å². The van der Waals surface area contributed by atoms with Gasteiger partial charge in [0.05, 0.1) is 15.5 Å². The van der Waals surface area contributed by atoms with Crippen LogP contribution in [0, 0.1) is 13.8 Å². The molecule has 180 valence electrons. The molecule has 0 saturated heterocycles. The van der Waals surface area contributed by atoms with Crippen molar-refractivity contribution < 1.29 is 16.8 Å². The van der Waals surface area contributed by atoms with E-state index in [2.05, 4.69) is 4.72 Å². The number of sulfone groups is 1. The number of hydrogen-bond donors (Lipinski definition) is 1. The smallest absolute Gasteiger partial charge is 0.261 e. The molecule has 0 heterocycles. The Morgan fingerprint density at radius 1 is 0.686 bits per heavy atom. The Labute approximate surface area is 211 Å². The molecule has 0 aliphatic carbocycles. The summed E-state index contributed by atoms with van der Waals surface area (Å²) in [5.41, 5.74) is 2.71. The fourth-order valence-electron chi connectivity index (χ4n) is 3.78. The number of hydrogen-bond acceptors (Lipinski definition) is 4. The first-order valence-corrected chi connectivity index (χ1v) is 14.2. The van der Waals surface area contributed by atoms with Gasteiger partial charge in [-0.3, -0.25) is 4.72 Å². The highest BCUT2D eigenvalue weighted by molar-refractivity contribution is 7.93. The lowest BCUT2D eigenvalue weighted by molar-refractivity contribution is 0.588. The van der Waals surface area contributed by atoms with Crippen LogP contribution >= 0.6 is 11.6 Å². The van der Waals surface area contributed by atoms with Gasteiger partial charge in [0.25, 0.3) is 10.0 Å². The SMILES string of the molecule is Cc1ccc(S(=O)(=O)Nc2ccc(Cl)cc2C(c2ccccc2)S(=O)(=O)c2ccc(C)cc2)cc1. The van der Waals surface area contributed by atoms with Gasteiger partial charge in [0, 0.05) is 10.6 Å². The maximum absolute atomic E-state index is 14.0. The van der Waals surface area contributed by atoms with Crippen LogP contribution in [0.15, 0.2) is 107 Å². The maximum atomic E-state index is 14.0. The summed E-state index contributed by atoms with van der Waals surface area (Å²) in [6, 6.07) is 26.2. The van der Waals surface area contributed by atoms with Crippen LogP contribution in [0.3, 0.4) is 0 Å². The third kappa shape index (κ3) is 5.42. The Hall–Kier alpha value is -3.13. The van der Waals surface area contributed by atoms with Gasteiger partial charge in [-0.15, -0.1) is 0 Å². The average Bonchev–Trinajstić information content (AvgIpc) is 2.82. The molecular weight excluding hydrogens is 502 g/mol. The summed E-state index contributed by atoms with van der Waals surface area (Å²) in [6.45, 7) is 3.74. The molecule has 0 bridgehead atoms. The molecule has 4 aromatic carbocycles. The second kappa shape index (κ2) is 9.85. The molecule has 1 atom stereocenters. The molecule has 0 aliphatic heterocycles. The quantitative estimate of drug-likeness (QED) is 0.306. The fraction of sp³-hybridized carbons (Fsp3) is 0.111. The minimum absolute atomic E-state index is 0.0710. The zero-order chi connectivity index (χ0) is 25.2. The number of sulfonamides is 1. The molecule has 0 aliphatic rings. The number of nitrogens with one attached hydrogen (secondary N) is 1. The highest BCUT2D eigenvalue weighted by Gasteiger charge is 2.33. The van der Waals surface area contributed by atoms with E-state index >= 15 is 0 Å². The molecule has 0 aromatic heterocycles. The number of aryl methyl sites for hydroxylation is 2. The lowest BCUT2D eigenvalue weighted by atomic mass is 10.0. The van der Waals surface area contributed by atoms with Crippen LogP contribution in [0.5, 0.6) is 0 Å². The lowest BCUT2D eigenvalue weighted by Crippen LogP contribution is -2.20. The highest BCUT2D eigenvalue weighted by Crippen LogP contribution is 2.40. The van der Waals surface area contributed by atoms with E-state index in [1.165, 1.54) is 30.3 Å². The summed E-state index contributed by atoms with van der Waals surface area (Å²) >= 11 is 6.30. The van der Waals surface area contributed by atoms with Crippen LogP contribution in [0.1, 0.15) is 27.5 Å². The van der Waals surface area contributed by atoms with E-state index in [0.717, 1.165) is 11.1 Å². The molecular formula is C27H24ClNO4S2. The fourth-order valence-corrected chi connectivity index (χ4v) is 6.88. The predicted octanol–water partition coefficient (Wildman–Crippen LogP) is 6.32. The lowest BCUT2D eigenvalue weighted by Gasteiger charge is -2.23. The van der Waals surface area contributed by atoms with Gasteiger partial charge < -0.3 is 0 Å². The second-order valence-electron chi connectivity index (χ2n) is 8.30. The second-order valence-corrected chi connectivity index (χ2v) is 12.5. The van der Waals surface area contributed by atoms with Crippen LogP contribution in [-0.4, -0.2) is 16.8 Å². The van der Waals surface area contributed by atoms with Gasteiger partial charge in [-0.05, 0) is 61.9 Å². The maximum Gasteiger partial charge on any atom is 0.261 e. The van der Waals surface area contributed by atoms with Crippen molar-refractivity contribution in [2.24, 2.45) is 0 Å². The Bertz CT molecular complexity index is 1550. The Balaban J connectivity index is 1.90. The topological polar surface area (TPSA) is 80.3 Å². The molecule has 0 saturated carbocycles. The molecule has 1 unspecified atom stereocenters. The molecule has 0 radical (unpaired) electrons. The van der Waals surface area contributed by atoms with Gasteiger partial charge in [0.2, 0.25) is 0 Å². The molecule has 1 N–H and O–H groups in total. The Morgan fingerprint density at radius 2 is 1.23 bits per heavy atom. The number of anilines is 1. The van der Waals surface area contributed by atoms with Gasteiger partial charge in [-0.2, -0.15) is 0 Å². The van der Waals surface area contributed by atoms with Gasteiger partial charge in [-0.1, -0.05) is 77.3 Å². The van der Waals surface area contributed by atoms with Gasteiger partial charge >= 0.3 is 0 Å². The summed E-state index contributed by atoms with van der Waals surface area (Å²) in [7, 11) is -7.97. The van der Waals surface area contributed by atoms with Crippen LogP contribution in [0.4, 0.5) is 5.69 Å². The first-order valence-electron chi connectivity index (χ1n) is 10.8. The zero-order valence-corrected chi connectivity index (χ0v) is 21.5. The van der Waals surface area contributed by atoms with Crippen molar-refractivity contribution in [2.75, 3.05) is 4.72 Å². The van der Waals surface area contributed by atoms with Crippen molar-refractivity contribution in [3.05, 3.63) is 124 Å². The zero-order valence-electron chi connectivity index (χ0n) is 19.1. The van der Waals surface area contributed by atoms with Gasteiger partial charge in [-0.25, -0.2) is 16.8 Å². The molecule has 35 heavy (non-hydrogen) atoms. The third-order valence-electron chi connectivity index (χ3n) is 5.63. The Morgan fingerprint density at radius 3 is 1.80 bits per heavy atom. The number of halogens is 1. The minimum atomic E-state index is -3.98. The van der Waals surface area contributed by atoms with E-state index in [9.17, 15) is 16.8 Å². The normalized spacial score (nSPS) is 12.8. The van der Waals surface area contributed by atoms with Gasteiger partial charge in [0.15, 0.2) is 9.84 Å². The van der Waals surface area contributed by atoms with Crippen LogP contribution < -0.4 is 4.72 Å². The summed E-state index contributed by atoms with van der Waals surface area (Å²) in [4.78, 5) is 0.200. The first-order chi connectivity index (χ1) is 16.6. The van der Waals surface area contributed by atoms with Crippen molar-refractivity contribution in [1.29, 1.82) is 0 Å². The molecule has 5 nitrogen and oxygen atoms in total.